The minimum Gasteiger partial charge on any atom is -0.463 e. The number of H-pyrrole nitrogens is 1. The van der Waals surface area contributed by atoms with Crippen molar-refractivity contribution in [1.82, 2.24) is 9.55 Å². The van der Waals surface area contributed by atoms with Crippen molar-refractivity contribution in [2.24, 2.45) is 0 Å². The highest BCUT2D eigenvalue weighted by Crippen LogP contribution is 2.39. The van der Waals surface area contributed by atoms with Crippen LogP contribution >= 0.6 is 0 Å². The molecule has 1 saturated heterocycles. The van der Waals surface area contributed by atoms with Gasteiger partial charge in [0, 0.05) is 30.2 Å². The summed E-state index contributed by atoms with van der Waals surface area (Å²) in [7, 11) is 0. The molecule has 0 aromatic carbocycles. The Labute approximate surface area is 140 Å². The summed E-state index contributed by atoms with van der Waals surface area (Å²) in [5, 5.41) is 11.0. The van der Waals surface area contributed by atoms with Crippen LogP contribution in [0.25, 0.3) is 0 Å². The van der Waals surface area contributed by atoms with Crippen molar-refractivity contribution in [2.75, 3.05) is 6.61 Å². The number of aromatic amines is 1. The van der Waals surface area contributed by atoms with Gasteiger partial charge in [-0.3, -0.25) is 23.9 Å². The highest BCUT2D eigenvalue weighted by Gasteiger charge is 2.56. The molecule has 0 unspecified atom stereocenters. The molecule has 24 heavy (non-hydrogen) atoms. The van der Waals surface area contributed by atoms with E-state index in [0.29, 0.717) is 4.57 Å². The fraction of sp³-hybridized carbons (Fsp3) is 0.571. The van der Waals surface area contributed by atoms with Crippen LogP contribution in [0.5, 0.6) is 0 Å². The van der Waals surface area contributed by atoms with Gasteiger partial charge in [-0.15, -0.1) is 0 Å². The molecule has 4 atom stereocenters. The summed E-state index contributed by atoms with van der Waals surface area (Å²) in [6.45, 7) is -1.64. The van der Waals surface area contributed by atoms with Gasteiger partial charge in [-0.1, -0.05) is 0 Å². The van der Waals surface area contributed by atoms with Gasteiger partial charge in [0.25, 0.3) is 5.56 Å². The van der Waals surface area contributed by atoms with Crippen molar-refractivity contribution in [3.8, 4) is 0 Å². The molecule has 1 aromatic heterocycles. The molecule has 0 aliphatic carbocycles. The predicted molar refractivity (Wildman–Crippen MR) is 78.0 cm³/mol. The second kappa shape index (κ2) is 6.57. The Hall–Kier alpha value is -2.46. The first-order valence-corrected chi connectivity index (χ1v) is 6.88. The number of hydrogen-bond acceptors (Lipinski definition) is 8. The normalized spacial score (nSPS) is 31.6. The van der Waals surface area contributed by atoms with Crippen LogP contribution in [-0.2, 0) is 23.8 Å². The van der Waals surface area contributed by atoms with E-state index in [1.54, 1.807) is 0 Å². The average Bonchev–Trinajstić information content (AvgIpc) is 2.79. The molecule has 2 heterocycles. The Bertz CT molecular complexity index is 848. The molecule has 10 nitrogen and oxygen atoms in total. The standard InChI is InChI=1S/C14H18N2O8/c1-7(17)22-6-9-11(23-8(2)18)14(3,21)12(24-9)16-5-4-10(19)15-13(16)20/h4-5,9,11-12,21H,6H2,1-3H3,(H,15,19,20)/t9-,11-,12-,14+/m1/s1/i3+1D3. The zero-order valence-electron chi connectivity index (χ0n) is 15.8. The lowest BCUT2D eigenvalue weighted by atomic mass is 10.0. The van der Waals surface area contributed by atoms with E-state index in [0.717, 1.165) is 26.1 Å². The minimum absolute atomic E-state index is 0.541. The van der Waals surface area contributed by atoms with E-state index < -0.39 is 60.7 Å². The SMILES string of the molecule is [2H][13C]([2H])([2H])[C@]1(O)[C@H](OC(C)=O)[C@@H](COC(C)=O)O[C@H]1n1ccc(=O)[nH]c1=O. The quantitative estimate of drug-likeness (QED) is 0.506. The number of aliphatic hydroxyl groups is 1. The first kappa shape index (κ1) is 13.9. The van der Waals surface area contributed by atoms with Crippen molar-refractivity contribution in [3.05, 3.63) is 33.1 Å². The number of rotatable bonds is 4. The molecule has 0 spiro atoms. The number of carbonyl (C=O) groups excluding carboxylic acids is 2. The van der Waals surface area contributed by atoms with Gasteiger partial charge in [0.05, 0.1) is 0 Å². The second-order valence-electron chi connectivity index (χ2n) is 5.20. The fourth-order valence-electron chi connectivity index (χ4n) is 2.32. The molecule has 1 aliphatic heterocycles. The maximum Gasteiger partial charge on any atom is 0.330 e. The van der Waals surface area contributed by atoms with Crippen molar-refractivity contribution in [3.63, 3.8) is 0 Å². The van der Waals surface area contributed by atoms with Crippen molar-refractivity contribution in [1.29, 1.82) is 0 Å². The van der Waals surface area contributed by atoms with Gasteiger partial charge in [-0.05, 0) is 6.85 Å². The van der Waals surface area contributed by atoms with Crippen LogP contribution in [0.1, 0.15) is 31.0 Å². The molecule has 0 radical (unpaired) electrons. The Morgan fingerprint density at radius 2 is 2.17 bits per heavy atom. The third-order valence-corrected chi connectivity index (χ3v) is 3.30. The van der Waals surface area contributed by atoms with E-state index in [9.17, 15) is 24.3 Å². The minimum atomic E-state index is -3.18. The van der Waals surface area contributed by atoms with Gasteiger partial charge in [-0.2, -0.15) is 0 Å². The zero-order valence-corrected chi connectivity index (χ0v) is 12.8. The van der Waals surface area contributed by atoms with Gasteiger partial charge in [0.1, 0.15) is 18.3 Å². The van der Waals surface area contributed by atoms with Gasteiger partial charge in [0.15, 0.2) is 12.3 Å². The van der Waals surface area contributed by atoms with Crippen LogP contribution in [0.15, 0.2) is 21.9 Å². The molecule has 0 saturated carbocycles. The van der Waals surface area contributed by atoms with Gasteiger partial charge in [-0.25, -0.2) is 4.79 Å². The zero-order chi connectivity index (χ0) is 20.6. The van der Waals surface area contributed by atoms with E-state index in [4.69, 9.17) is 18.3 Å². The van der Waals surface area contributed by atoms with E-state index in [2.05, 4.69) is 0 Å². The summed E-state index contributed by atoms with van der Waals surface area (Å²) in [5.74, 6) is -1.64. The average molecular weight is 346 g/mol. The van der Waals surface area contributed by atoms with E-state index in [-0.39, 0.29) is 0 Å². The van der Waals surface area contributed by atoms with E-state index in [1.807, 2.05) is 4.98 Å². The third kappa shape index (κ3) is 3.54. The third-order valence-electron chi connectivity index (χ3n) is 3.30. The first-order chi connectivity index (χ1) is 12.4. The van der Waals surface area contributed by atoms with Gasteiger partial charge >= 0.3 is 17.6 Å². The van der Waals surface area contributed by atoms with Gasteiger partial charge in [0.2, 0.25) is 0 Å². The van der Waals surface area contributed by atoms with Crippen LogP contribution in [0.2, 0.25) is 0 Å². The topological polar surface area (TPSA) is 137 Å². The summed E-state index contributed by atoms with van der Waals surface area (Å²) in [4.78, 5) is 47.8. The number of hydrogen-bond donors (Lipinski definition) is 2. The largest absolute Gasteiger partial charge is 0.463 e. The molecular formula is C14H18N2O8. The predicted octanol–water partition coefficient (Wildman–Crippen LogP) is -1.32. The summed E-state index contributed by atoms with van der Waals surface area (Å²) in [6, 6.07) is 0.922. The molecule has 0 bridgehead atoms. The van der Waals surface area contributed by atoms with E-state index in [1.165, 1.54) is 0 Å². The Balaban J connectivity index is 2.59. The maximum absolute atomic E-state index is 12.1. The summed E-state index contributed by atoms with van der Waals surface area (Å²) < 4.78 is 39.0. The Morgan fingerprint density at radius 3 is 2.71 bits per heavy atom. The molecule has 2 N–H and O–H groups in total. The summed E-state index contributed by atoms with van der Waals surface area (Å²) in [5.41, 5.74) is -4.67. The maximum atomic E-state index is 12.1. The van der Waals surface area contributed by atoms with Crippen LogP contribution in [0.3, 0.4) is 0 Å². The second-order valence-corrected chi connectivity index (χ2v) is 5.20. The lowest BCUT2D eigenvalue weighted by Gasteiger charge is -2.29. The summed E-state index contributed by atoms with van der Waals surface area (Å²) in [6.07, 6.45) is -4.10. The Kier molecular flexibility index (Phi) is 3.82. The highest BCUT2D eigenvalue weighted by molar-refractivity contribution is 5.66. The van der Waals surface area contributed by atoms with Crippen molar-refractivity contribution >= 4 is 11.9 Å². The fourth-order valence-corrected chi connectivity index (χ4v) is 2.32. The highest BCUT2D eigenvalue weighted by atomic mass is 16.6. The van der Waals surface area contributed by atoms with Crippen molar-refractivity contribution < 1.29 is 33.0 Å². The van der Waals surface area contributed by atoms with Crippen molar-refractivity contribution in [2.45, 2.75) is 44.7 Å². The molecule has 2 rings (SSSR count). The van der Waals surface area contributed by atoms with Gasteiger partial charge < -0.3 is 19.3 Å². The molecule has 132 valence electrons. The number of ether oxygens (including phenoxy) is 3. The van der Waals surface area contributed by atoms with Crippen LogP contribution in [0, 0.1) is 0 Å². The van der Waals surface area contributed by atoms with E-state index >= 15 is 0 Å². The van der Waals surface area contributed by atoms with Crippen LogP contribution < -0.4 is 11.2 Å². The molecule has 0 amide bonds. The lowest BCUT2D eigenvalue weighted by molar-refractivity contribution is -0.163. The molecule has 1 aliphatic rings. The molecular weight excluding hydrogens is 325 g/mol. The number of nitrogens with one attached hydrogen (secondary N) is 1. The number of carbonyl (C=O) groups is 2. The lowest BCUT2D eigenvalue weighted by Crippen LogP contribution is -2.48. The molecule has 10 heteroatoms. The molecule has 1 aromatic rings. The Morgan fingerprint density at radius 1 is 1.46 bits per heavy atom. The summed E-state index contributed by atoms with van der Waals surface area (Å²) >= 11 is 0. The smallest absolute Gasteiger partial charge is 0.330 e. The molecule has 1 fully saturated rings. The van der Waals surface area contributed by atoms with Crippen LogP contribution in [0.4, 0.5) is 0 Å². The number of esters is 2. The first-order valence-electron chi connectivity index (χ1n) is 8.38. The van der Waals surface area contributed by atoms with Crippen LogP contribution in [-0.4, -0.2) is 51.0 Å². The monoisotopic (exact) mass is 346 g/mol. The number of aromatic nitrogens is 2. The number of nitrogens with zero attached hydrogens (tertiary/aromatic N) is 1.